The van der Waals surface area contributed by atoms with Gasteiger partial charge in [-0.3, -0.25) is 5.10 Å². The maximum atomic E-state index is 11.5. The molecule has 0 aliphatic rings. The van der Waals surface area contributed by atoms with E-state index in [1.165, 1.54) is 0 Å². The normalized spacial score (nSPS) is 11.4. The number of benzene rings is 2. The fourth-order valence-electron chi connectivity index (χ4n) is 2.19. The molecule has 0 spiro atoms. The lowest BCUT2D eigenvalue weighted by Crippen LogP contribution is -1.98. The number of hydrogen-bond donors (Lipinski definition) is 2. The number of aromatic nitrogens is 3. The van der Waals surface area contributed by atoms with Crippen molar-refractivity contribution in [2.24, 2.45) is 0 Å². The van der Waals surface area contributed by atoms with E-state index in [1.807, 2.05) is 30.3 Å². The molecular weight excluding hydrogens is 386 g/mol. The number of aryl methyl sites for hydroxylation is 1. The number of nitrogens with one attached hydrogen (secondary N) is 1. The van der Waals surface area contributed by atoms with Crippen molar-refractivity contribution >= 4 is 35.4 Å². The van der Waals surface area contributed by atoms with Crippen LogP contribution in [-0.2, 0) is 11.4 Å². The van der Waals surface area contributed by atoms with Crippen LogP contribution in [0.2, 0.25) is 5.02 Å². The fourth-order valence-corrected chi connectivity index (χ4v) is 3.07. The van der Waals surface area contributed by atoms with Crippen LogP contribution < -0.4 is 4.74 Å². The van der Waals surface area contributed by atoms with Crippen molar-refractivity contribution in [2.75, 3.05) is 0 Å². The maximum absolute atomic E-state index is 11.5. The molecule has 0 bridgehead atoms. The lowest BCUT2D eigenvalue weighted by molar-refractivity contribution is -0.131. The molecule has 1 aromatic heterocycles. The number of hydrogen-bond acceptors (Lipinski definition) is 5. The van der Waals surface area contributed by atoms with E-state index >= 15 is 0 Å². The second kappa shape index (κ2) is 8.75. The van der Waals surface area contributed by atoms with Crippen molar-refractivity contribution in [3.8, 4) is 5.75 Å². The highest BCUT2D eigenvalue weighted by Gasteiger charge is 2.13. The Hall–Kier alpha value is -2.77. The third-order valence-electron chi connectivity index (χ3n) is 3.46. The number of carboxylic acids is 1. The van der Waals surface area contributed by atoms with Crippen LogP contribution in [0.4, 0.5) is 0 Å². The number of carbonyl (C=O) groups is 1. The molecule has 2 aromatic carbocycles. The molecule has 0 saturated heterocycles. The molecule has 0 saturated carbocycles. The molecule has 3 aromatic rings. The highest BCUT2D eigenvalue weighted by Crippen LogP contribution is 2.27. The van der Waals surface area contributed by atoms with Crippen LogP contribution in [0.3, 0.4) is 0 Å². The lowest BCUT2D eigenvalue weighted by Gasteiger charge is -2.07. The smallest absolute Gasteiger partial charge is 0.342 e. The molecule has 6 nitrogen and oxygen atoms in total. The Morgan fingerprint density at radius 2 is 2.07 bits per heavy atom. The van der Waals surface area contributed by atoms with Crippen LogP contribution in [0.1, 0.15) is 17.0 Å². The number of ether oxygens (including phenoxy) is 1. The zero-order valence-electron chi connectivity index (χ0n) is 14.3. The van der Waals surface area contributed by atoms with Gasteiger partial charge in [0.1, 0.15) is 23.1 Å². The van der Waals surface area contributed by atoms with Crippen LogP contribution in [0.5, 0.6) is 5.75 Å². The van der Waals surface area contributed by atoms with Crippen molar-refractivity contribution in [1.29, 1.82) is 0 Å². The Kier molecular flexibility index (Phi) is 6.16. The third kappa shape index (κ3) is 5.60. The minimum atomic E-state index is -1.05. The van der Waals surface area contributed by atoms with E-state index in [0.29, 0.717) is 33.9 Å². The van der Waals surface area contributed by atoms with Crippen LogP contribution >= 0.6 is 23.4 Å². The third-order valence-corrected chi connectivity index (χ3v) is 4.59. The van der Waals surface area contributed by atoms with Crippen LogP contribution in [0.15, 0.2) is 58.6 Å². The first kappa shape index (κ1) is 19.0. The average molecular weight is 402 g/mol. The molecule has 0 fully saturated rings. The summed E-state index contributed by atoms with van der Waals surface area (Å²) in [5.74, 6) is 0.219. The van der Waals surface area contributed by atoms with Crippen LogP contribution in [0, 0.1) is 6.92 Å². The molecule has 0 unspecified atom stereocenters. The molecule has 0 atom stereocenters. The van der Waals surface area contributed by atoms with Gasteiger partial charge in [0.05, 0.1) is 0 Å². The largest absolute Gasteiger partial charge is 0.489 e. The standard InChI is InChI=1S/C19H16ClN3O3S/c1-12-21-19(23-22-12)27-17(18(24)25)10-14-3-2-4-16(9-14)26-11-13-5-7-15(20)8-6-13/h2-10H,11H2,1H3,(H,24,25)(H,21,22,23)/b17-10-. The van der Waals surface area contributed by atoms with E-state index in [1.54, 1.807) is 31.2 Å². The molecule has 138 valence electrons. The topological polar surface area (TPSA) is 88.1 Å². The van der Waals surface area contributed by atoms with Gasteiger partial charge < -0.3 is 9.84 Å². The number of aromatic amines is 1. The minimum absolute atomic E-state index is 0.115. The van der Waals surface area contributed by atoms with Gasteiger partial charge in [0.25, 0.3) is 0 Å². The molecule has 3 rings (SSSR count). The van der Waals surface area contributed by atoms with Gasteiger partial charge >= 0.3 is 5.97 Å². The zero-order valence-corrected chi connectivity index (χ0v) is 15.9. The van der Waals surface area contributed by atoms with Gasteiger partial charge in [-0.05, 0) is 60.2 Å². The van der Waals surface area contributed by atoms with Gasteiger partial charge in [-0.15, -0.1) is 5.10 Å². The first-order chi connectivity index (χ1) is 13.0. The fraction of sp³-hybridized carbons (Fsp3) is 0.105. The number of thioether (sulfide) groups is 1. The van der Waals surface area contributed by atoms with Crippen LogP contribution in [-0.4, -0.2) is 26.3 Å². The minimum Gasteiger partial charge on any atom is -0.489 e. The summed E-state index contributed by atoms with van der Waals surface area (Å²) in [4.78, 5) is 15.8. The first-order valence-electron chi connectivity index (χ1n) is 7.99. The van der Waals surface area contributed by atoms with Gasteiger partial charge in [-0.25, -0.2) is 9.78 Å². The second-order valence-corrected chi connectivity index (χ2v) is 7.05. The number of H-pyrrole nitrogens is 1. The number of nitrogens with zero attached hydrogens (tertiary/aromatic N) is 2. The van der Waals surface area contributed by atoms with Gasteiger partial charge in [0.2, 0.25) is 5.16 Å². The number of aliphatic carboxylic acids is 1. The van der Waals surface area contributed by atoms with Gasteiger partial charge in [-0.2, -0.15) is 0 Å². The summed E-state index contributed by atoms with van der Waals surface area (Å²) in [7, 11) is 0. The van der Waals surface area contributed by atoms with Gasteiger partial charge in [0.15, 0.2) is 0 Å². The number of halogens is 1. The summed E-state index contributed by atoms with van der Waals surface area (Å²) >= 11 is 6.86. The Morgan fingerprint density at radius 3 is 2.74 bits per heavy atom. The molecule has 8 heteroatoms. The first-order valence-corrected chi connectivity index (χ1v) is 9.18. The molecule has 27 heavy (non-hydrogen) atoms. The Balaban J connectivity index is 1.73. The van der Waals surface area contributed by atoms with Crippen molar-refractivity contribution < 1.29 is 14.6 Å². The van der Waals surface area contributed by atoms with E-state index in [0.717, 1.165) is 17.3 Å². The predicted octanol–water partition coefficient (Wildman–Crippen LogP) is 4.56. The van der Waals surface area contributed by atoms with Crippen molar-refractivity contribution in [3.63, 3.8) is 0 Å². The summed E-state index contributed by atoms with van der Waals surface area (Å²) in [5, 5.41) is 17.1. The molecular formula is C19H16ClN3O3S. The average Bonchev–Trinajstić information content (AvgIpc) is 3.06. The van der Waals surface area contributed by atoms with Crippen molar-refractivity contribution in [3.05, 3.63) is 75.4 Å². The van der Waals surface area contributed by atoms with Crippen molar-refractivity contribution in [1.82, 2.24) is 15.2 Å². The lowest BCUT2D eigenvalue weighted by atomic mass is 10.2. The monoisotopic (exact) mass is 401 g/mol. The maximum Gasteiger partial charge on any atom is 0.342 e. The molecule has 1 heterocycles. The molecule has 0 aliphatic carbocycles. The second-order valence-electron chi connectivity index (χ2n) is 5.61. The zero-order chi connectivity index (χ0) is 19.2. The van der Waals surface area contributed by atoms with Gasteiger partial charge in [0, 0.05) is 5.02 Å². The summed E-state index contributed by atoms with van der Waals surface area (Å²) in [6.07, 6.45) is 1.56. The number of rotatable bonds is 7. The molecule has 0 aliphatic heterocycles. The highest BCUT2D eigenvalue weighted by atomic mass is 35.5. The SMILES string of the molecule is Cc1nc(S/C(=C\c2cccc(OCc3ccc(Cl)cc3)c2)C(=O)O)n[nH]1. The summed E-state index contributed by atoms with van der Waals surface area (Å²) in [6.45, 7) is 2.14. The van der Waals surface area contributed by atoms with E-state index in [9.17, 15) is 9.90 Å². The van der Waals surface area contributed by atoms with E-state index in [-0.39, 0.29) is 4.91 Å². The Bertz CT molecular complexity index is 970. The number of carboxylic acid groups (broad SMARTS) is 1. The van der Waals surface area contributed by atoms with Gasteiger partial charge in [-0.1, -0.05) is 35.9 Å². The Labute approximate surface area is 165 Å². The van der Waals surface area contributed by atoms with Crippen molar-refractivity contribution in [2.45, 2.75) is 18.7 Å². The Morgan fingerprint density at radius 1 is 1.30 bits per heavy atom. The van der Waals surface area contributed by atoms with Crippen LogP contribution in [0.25, 0.3) is 6.08 Å². The molecule has 0 amide bonds. The highest BCUT2D eigenvalue weighted by molar-refractivity contribution is 8.04. The van der Waals surface area contributed by atoms with E-state index in [4.69, 9.17) is 16.3 Å². The molecule has 2 N–H and O–H groups in total. The quantitative estimate of drug-likeness (QED) is 0.445. The van der Waals surface area contributed by atoms with E-state index in [2.05, 4.69) is 15.2 Å². The summed E-state index contributed by atoms with van der Waals surface area (Å²) in [5.41, 5.74) is 1.70. The van der Waals surface area contributed by atoms with E-state index < -0.39 is 5.97 Å². The summed E-state index contributed by atoms with van der Waals surface area (Å²) < 4.78 is 5.78. The predicted molar refractivity (Wildman–Crippen MR) is 105 cm³/mol. The summed E-state index contributed by atoms with van der Waals surface area (Å²) in [6, 6.07) is 14.6. The molecule has 0 radical (unpaired) electrons.